The molecule has 4 N–H and O–H groups in total. The van der Waals surface area contributed by atoms with Crippen molar-refractivity contribution in [2.75, 3.05) is 19.6 Å². The van der Waals surface area contributed by atoms with E-state index in [1.807, 2.05) is 55.6 Å². The first kappa shape index (κ1) is 20.8. The van der Waals surface area contributed by atoms with E-state index in [2.05, 4.69) is 33.1 Å². The number of rotatable bonds is 8. The predicted octanol–water partition coefficient (Wildman–Crippen LogP) is 3.73. The summed E-state index contributed by atoms with van der Waals surface area (Å²) >= 11 is 0. The second kappa shape index (κ2) is 8.81. The third-order valence-electron chi connectivity index (χ3n) is 6.56. The molecule has 3 heterocycles. The fourth-order valence-electron chi connectivity index (χ4n) is 4.61. The van der Waals surface area contributed by atoms with E-state index in [1.165, 1.54) is 0 Å². The monoisotopic (exact) mass is 430 g/mol. The zero-order valence-electron chi connectivity index (χ0n) is 18.4. The Kier molecular flexibility index (Phi) is 5.72. The summed E-state index contributed by atoms with van der Waals surface area (Å²) in [5, 5.41) is 12.3. The van der Waals surface area contributed by atoms with Crippen LogP contribution in [0.25, 0.3) is 21.9 Å². The van der Waals surface area contributed by atoms with Gasteiger partial charge in [-0.15, -0.1) is 0 Å². The van der Waals surface area contributed by atoms with Crippen LogP contribution in [0, 0.1) is 5.92 Å². The van der Waals surface area contributed by atoms with Gasteiger partial charge in [-0.25, -0.2) is 0 Å². The summed E-state index contributed by atoms with van der Waals surface area (Å²) in [6.07, 6.45) is 3.69. The molecule has 166 valence electrons. The van der Waals surface area contributed by atoms with Crippen molar-refractivity contribution in [1.82, 2.24) is 20.9 Å². The van der Waals surface area contributed by atoms with Crippen molar-refractivity contribution in [3.8, 4) is 0 Å². The van der Waals surface area contributed by atoms with Crippen LogP contribution in [0.1, 0.15) is 24.7 Å². The van der Waals surface area contributed by atoms with Gasteiger partial charge in [0.25, 0.3) is 0 Å². The van der Waals surface area contributed by atoms with Crippen molar-refractivity contribution in [2.45, 2.75) is 31.8 Å². The number of aromatic amines is 1. The molecule has 1 amide bonds. The molecule has 0 bridgehead atoms. The van der Waals surface area contributed by atoms with Crippen LogP contribution in [-0.4, -0.2) is 36.1 Å². The highest BCUT2D eigenvalue weighted by molar-refractivity contribution is 5.89. The Morgan fingerprint density at radius 3 is 2.88 bits per heavy atom. The van der Waals surface area contributed by atoms with Crippen LogP contribution in [-0.2, 0) is 17.8 Å². The molecule has 0 radical (unpaired) electrons. The number of para-hydroxylation sites is 2. The van der Waals surface area contributed by atoms with E-state index in [-0.39, 0.29) is 5.91 Å². The lowest BCUT2D eigenvalue weighted by atomic mass is 9.91. The van der Waals surface area contributed by atoms with Gasteiger partial charge in [-0.3, -0.25) is 10.1 Å². The Morgan fingerprint density at radius 1 is 1.19 bits per heavy atom. The zero-order chi connectivity index (χ0) is 22.0. The lowest BCUT2D eigenvalue weighted by molar-refractivity contribution is -0.127. The van der Waals surface area contributed by atoms with Crippen LogP contribution in [0.3, 0.4) is 0 Å². The molecule has 1 saturated heterocycles. The average Bonchev–Trinajstić information content (AvgIpc) is 3.56. The standard InChI is InChI=1S/C26H30N4O2/c1-26(25(31)29-15-18-10-11-27-14-18,13-20-16-28-23-8-4-3-7-22(20)23)30-17-21-12-19-6-2-5-9-24(19)32-21/h2-9,12,16,18,27-28,30H,10-11,13-15,17H2,1H3,(H,29,31). The van der Waals surface area contributed by atoms with Gasteiger partial charge in [-0.2, -0.15) is 0 Å². The first-order valence-corrected chi connectivity index (χ1v) is 11.4. The largest absolute Gasteiger partial charge is 0.460 e. The molecule has 2 unspecified atom stereocenters. The van der Waals surface area contributed by atoms with Gasteiger partial charge in [-0.05, 0) is 56.1 Å². The summed E-state index contributed by atoms with van der Waals surface area (Å²) in [4.78, 5) is 16.8. The Hall–Kier alpha value is -3.09. The number of hydrogen-bond acceptors (Lipinski definition) is 4. The maximum absolute atomic E-state index is 13.4. The van der Waals surface area contributed by atoms with Gasteiger partial charge < -0.3 is 20.0 Å². The van der Waals surface area contributed by atoms with Gasteiger partial charge in [0.1, 0.15) is 11.3 Å². The molecule has 1 aliphatic rings. The maximum Gasteiger partial charge on any atom is 0.240 e. The molecule has 32 heavy (non-hydrogen) atoms. The number of benzene rings is 2. The Bertz CT molecular complexity index is 1190. The van der Waals surface area contributed by atoms with E-state index in [0.29, 0.717) is 25.4 Å². The lowest BCUT2D eigenvalue weighted by Crippen LogP contribution is -2.56. The first-order chi connectivity index (χ1) is 15.6. The number of H-pyrrole nitrogens is 1. The molecular weight excluding hydrogens is 400 g/mol. The summed E-state index contributed by atoms with van der Waals surface area (Å²) in [6, 6.07) is 18.2. The molecule has 0 aliphatic carbocycles. The van der Waals surface area contributed by atoms with E-state index < -0.39 is 5.54 Å². The van der Waals surface area contributed by atoms with Gasteiger partial charge in [0, 0.05) is 35.5 Å². The van der Waals surface area contributed by atoms with Gasteiger partial charge in [0.05, 0.1) is 12.1 Å². The molecule has 0 spiro atoms. The number of furan rings is 1. The number of nitrogens with one attached hydrogen (secondary N) is 4. The molecule has 5 rings (SSSR count). The second-order valence-electron chi connectivity index (χ2n) is 9.04. The lowest BCUT2D eigenvalue weighted by Gasteiger charge is -2.30. The fraction of sp³-hybridized carbons (Fsp3) is 0.346. The van der Waals surface area contributed by atoms with Crippen molar-refractivity contribution < 1.29 is 9.21 Å². The SMILES string of the molecule is CC(Cc1c[nH]c2ccccc12)(NCc1cc2ccccc2o1)C(=O)NCC1CCNC1. The predicted molar refractivity (Wildman–Crippen MR) is 127 cm³/mol. The molecule has 2 aromatic heterocycles. The molecule has 1 fully saturated rings. The van der Waals surface area contributed by atoms with Crippen LogP contribution in [0.4, 0.5) is 0 Å². The Morgan fingerprint density at radius 2 is 2.03 bits per heavy atom. The molecule has 2 aromatic carbocycles. The highest BCUT2D eigenvalue weighted by Gasteiger charge is 2.34. The number of carbonyl (C=O) groups excluding carboxylic acids is 1. The molecule has 6 heteroatoms. The Labute approximate surface area is 187 Å². The van der Waals surface area contributed by atoms with Crippen LogP contribution in [0.2, 0.25) is 0 Å². The maximum atomic E-state index is 13.4. The topological polar surface area (TPSA) is 82.1 Å². The zero-order valence-corrected chi connectivity index (χ0v) is 18.4. The van der Waals surface area contributed by atoms with Crippen molar-refractivity contribution in [3.05, 3.63) is 72.1 Å². The second-order valence-corrected chi connectivity index (χ2v) is 9.04. The first-order valence-electron chi connectivity index (χ1n) is 11.4. The van der Waals surface area contributed by atoms with E-state index in [9.17, 15) is 4.79 Å². The number of aromatic nitrogens is 1. The molecular formula is C26H30N4O2. The summed E-state index contributed by atoms with van der Waals surface area (Å²) < 4.78 is 5.98. The number of carbonyl (C=O) groups is 1. The average molecular weight is 431 g/mol. The smallest absolute Gasteiger partial charge is 0.240 e. The van der Waals surface area contributed by atoms with Crippen LogP contribution in [0.15, 0.2) is 65.2 Å². The minimum Gasteiger partial charge on any atom is -0.460 e. The summed E-state index contributed by atoms with van der Waals surface area (Å²) in [5.74, 6) is 1.33. The molecule has 4 aromatic rings. The molecule has 6 nitrogen and oxygen atoms in total. The van der Waals surface area contributed by atoms with Crippen molar-refractivity contribution in [3.63, 3.8) is 0 Å². The van der Waals surface area contributed by atoms with E-state index in [1.54, 1.807) is 0 Å². The van der Waals surface area contributed by atoms with Gasteiger partial charge in [0.15, 0.2) is 0 Å². The van der Waals surface area contributed by atoms with Crippen LogP contribution >= 0.6 is 0 Å². The summed E-state index contributed by atoms with van der Waals surface area (Å²) in [6.45, 7) is 5.15. The minimum atomic E-state index is -0.782. The van der Waals surface area contributed by atoms with Gasteiger partial charge >= 0.3 is 0 Å². The van der Waals surface area contributed by atoms with Gasteiger partial charge in [0.2, 0.25) is 5.91 Å². The van der Waals surface area contributed by atoms with E-state index >= 15 is 0 Å². The third-order valence-corrected chi connectivity index (χ3v) is 6.56. The summed E-state index contributed by atoms with van der Waals surface area (Å²) in [5.41, 5.74) is 2.29. The molecule has 2 atom stereocenters. The molecule has 0 saturated carbocycles. The summed E-state index contributed by atoms with van der Waals surface area (Å²) in [7, 11) is 0. The van der Waals surface area contributed by atoms with Crippen molar-refractivity contribution >= 4 is 27.8 Å². The van der Waals surface area contributed by atoms with Gasteiger partial charge in [-0.1, -0.05) is 36.4 Å². The Balaban J connectivity index is 1.36. The quantitative estimate of drug-likeness (QED) is 0.343. The number of hydrogen-bond donors (Lipinski definition) is 4. The molecule has 1 aliphatic heterocycles. The number of amides is 1. The normalized spacial score (nSPS) is 18.2. The van der Waals surface area contributed by atoms with Crippen molar-refractivity contribution in [2.24, 2.45) is 5.92 Å². The highest BCUT2D eigenvalue weighted by atomic mass is 16.3. The number of fused-ring (bicyclic) bond motifs is 2. The minimum absolute atomic E-state index is 0.0193. The van der Waals surface area contributed by atoms with E-state index in [0.717, 1.165) is 52.7 Å². The fourth-order valence-corrected chi connectivity index (χ4v) is 4.61. The third kappa shape index (κ3) is 4.29. The van der Waals surface area contributed by atoms with Crippen LogP contribution in [0.5, 0.6) is 0 Å². The van der Waals surface area contributed by atoms with Crippen molar-refractivity contribution in [1.29, 1.82) is 0 Å². The highest BCUT2D eigenvalue weighted by Crippen LogP contribution is 2.24. The van der Waals surface area contributed by atoms with E-state index in [4.69, 9.17) is 4.42 Å². The van der Waals surface area contributed by atoms with Crippen LogP contribution < -0.4 is 16.0 Å².